The zero-order valence-corrected chi connectivity index (χ0v) is 14.9. The van der Waals surface area contributed by atoms with E-state index >= 15 is 0 Å². The molecule has 1 heterocycles. The number of rotatable bonds is 2. The molecule has 0 fully saturated rings. The molecular formula is C25H15FO2. The van der Waals surface area contributed by atoms with Gasteiger partial charge in [-0.05, 0) is 69.6 Å². The summed E-state index contributed by atoms with van der Waals surface area (Å²) in [7, 11) is 0. The molecule has 4 aromatic carbocycles. The maximum absolute atomic E-state index is 13.2. The third-order valence-corrected chi connectivity index (χ3v) is 4.97. The molecule has 2 nitrogen and oxygen atoms in total. The van der Waals surface area contributed by atoms with Gasteiger partial charge >= 0.3 is 5.97 Å². The lowest BCUT2D eigenvalue weighted by molar-refractivity contribution is -0.130. The van der Waals surface area contributed by atoms with Gasteiger partial charge in [-0.15, -0.1) is 0 Å². The van der Waals surface area contributed by atoms with Crippen LogP contribution in [0.3, 0.4) is 0 Å². The molecule has 0 bridgehead atoms. The molecule has 0 saturated carbocycles. The molecule has 0 amide bonds. The topological polar surface area (TPSA) is 26.3 Å². The van der Waals surface area contributed by atoms with Crippen molar-refractivity contribution in [2.45, 2.75) is 0 Å². The van der Waals surface area contributed by atoms with E-state index < -0.39 is 5.97 Å². The van der Waals surface area contributed by atoms with Crippen LogP contribution in [0.5, 0.6) is 0 Å². The van der Waals surface area contributed by atoms with Crippen LogP contribution in [-0.4, -0.2) is 5.97 Å². The average molecular weight is 366 g/mol. The summed E-state index contributed by atoms with van der Waals surface area (Å²) in [5, 5.41) is 4.37. The van der Waals surface area contributed by atoms with Gasteiger partial charge in [0, 0.05) is 5.56 Å². The second-order valence-electron chi connectivity index (χ2n) is 6.74. The van der Waals surface area contributed by atoms with Crippen molar-refractivity contribution in [3.05, 3.63) is 107 Å². The number of halogens is 1. The zero-order chi connectivity index (χ0) is 19.1. The van der Waals surface area contributed by atoms with E-state index in [9.17, 15) is 9.18 Å². The first kappa shape index (κ1) is 16.5. The molecule has 0 spiro atoms. The van der Waals surface area contributed by atoms with Crippen molar-refractivity contribution in [3.63, 3.8) is 0 Å². The maximum Gasteiger partial charge on any atom is 0.343 e. The van der Waals surface area contributed by atoms with Crippen LogP contribution >= 0.6 is 0 Å². The molecule has 28 heavy (non-hydrogen) atoms. The molecule has 0 radical (unpaired) electrons. The number of fused-ring (bicyclic) bond motifs is 2. The van der Waals surface area contributed by atoms with Crippen molar-refractivity contribution in [1.82, 2.24) is 0 Å². The number of carbonyl (C=O) groups is 1. The number of esters is 1. The zero-order valence-electron chi connectivity index (χ0n) is 14.9. The lowest BCUT2D eigenvalue weighted by atomic mass is 9.95. The van der Waals surface area contributed by atoms with Gasteiger partial charge in [-0.3, -0.25) is 0 Å². The standard InChI is InChI=1S/C25H15FO2/c26-20-11-9-16(10-12-20)24-15-19(25(27)28-24)14-23-21-7-3-1-5-17(21)13-18-6-2-4-8-22(18)23/h1-15H/b19-14+. The Morgan fingerprint density at radius 2 is 1.39 bits per heavy atom. The molecule has 0 N–H and O–H groups in total. The molecule has 0 atom stereocenters. The van der Waals surface area contributed by atoms with Gasteiger partial charge in [-0.2, -0.15) is 0 Å². The van der Waals surface area contributed by atoms with Crippen LogP contribution in [0.25, 0.3) is 33.4 Å². The number of hydrogen-bond acceptors (Lipinski definition) is 2. The second-order valence-corrected chi connectivity index (χ2v) is 6.74. The predicted octanol–water partition coefficient (Wildman–Crippen LogP) is 6.11. The molecule has 1 aliphatic rings. The van der Waals surface area contributed by atoms with Crippen LogP contribution in [0.15, 0.2) is 90.5 Å². The monoisotopic (exact) mass is 366 g/mol. The molecule has 0 aliphatic carbocycles. The maximum atomic E-state index is 13.2. The van der Waals surface area contributed by atoms with Gasteiger partial charge in [0.05, 0.1) is 5.57 Å². The Bertz CT molecular complexity index is 1240. The van der Waals surface area contributed by atoms with E-state index in [0.29, 0.717) is 16.9 Å². The summed E-state index contributed by atoms with van der Waals surface area (Å²) in [6.07, 6.45) is 3.59. The summed E-state index contributed by atoms with van der Waals surface area (Å²) in [6, 6.07) is 24.3. The van der Waals surface area contributed by atoms with E-state index in [2.05, 4.69) is 30.3 Å². The Kier molecular flexibility index (Phi) is 3.80. The number of hydrogen-bond donors (Lipinski definition) is 0. The summed E-state index contributed by atoms with van der Waals surface area (Å²) in [6.45, 7) is 0. The van der Waals surface area contributed by atoms with Gasteiger partial charge in [-0.25, -0.2) is 9.18 Å². The van der Waals surface area contributed by atoms with Gasteiger partial charge in [-0.1, -0.05) is 48.5 Å². The minimum absolute atomic E-state index is 0.327. The van der Waals surface area contributed by atoms with Crippen LogP contribution in [0.2, 0.25) is 0 Å². The average Bonchev–Trinajstić information content (AvgIpc) is 3.08. The molecule has 4 aromatic rings. The van der Waals surface area contributed by atoms with Crippen molar-refractivity contribution in [2.75, 3.05) is 0 Å². The molecule has 5 rings (SSSR count). The van der Waals surface area contributed by atoms with Crippen molar-refractivity contribution >= 4 is 39.3 Å². The summed E-state index contributed by atoms with van der Waals surface area (Å²) < 4.78 is 18.6. The fourth-order valence-electron chi connectivity index (χ4n) is 3.61. The third kappa shape index (κ3) is 2.78. The Morgan fingerprint density at radius 1 is 0.786 bits per heavy atom. The molecule has 0 aromatic heterocycles. The molecular weight excluding hydrogens is 351 g/mol. The molecule has 0 saturated heterocycles. The van der Waals surface area contributed by atoms with Crippen LogP contribution in [0.4, 0.5) is 4.39 Å². The summed E-state index contributed by atoms with van der Waals surface area (Å²) in [5.74, 6) is -0.302. The summed E-state index contributed by atoms with van der Waals surface area (Å²) in [4.78, 5) is 12.5. The van der Waals surface area contributed by atoms with E-state index in [0.717, 1.165) is 27.1 Å². The highest BCUT2D eigenvalue weighted by Crippen LogP contribution is 2.33. The second kappa shape index (κ2) is 6.46. The molecule has 3 heteroatoms. The van der Waals surface area contributed by atoms with Crippen molar-refractivity contribution in [3.8, 4) is 0 Å². The van der Waals surface area contributed by atoms with Crippen molar-refractivity contribution in [2.24, 2.45) is 0 Å². The fraction of sp³-hybridized carbons (Fsp3) is 0. The van der Waals surface area contributed by atoms with Crippen molar-refractivity contribution < 1.29 is 13.9 Å². The van der Waals surface area contributed by atoms with Crippen molar-refractivity contribution in [1.29, 1.82) is 0 Å². The van der Waals surface area contributed by atoms with Crippen LogP contribution in [0.1, 0.15) is 11.1 Å². The summed E-state index contributed by atoms with van der Waals surface area (Å²) in [5.41, 5.74) is 2.12. The minimum Gasteiger partial charge on any atom is -0.422 e. The third-order valence-electron chi connectivity index (χ3n) is 4.97. The SMILES string of the molecule is O=C1OC(c2ccc(F)cc2)=C/C1=C\c1c2ccccc2cc2ccccc12. The number of benzene rings is 4. The molecule has 0 unspecified atom stereocenters. The first-order chi connectivity index (χ1) is 13.7. The lowest BCUT2D eigenvalue weighted by Gasteiger charge is -2.08. The van der Waals surface area contributed by atoms with Gasteiger partial charge < -0.3 is 4.74 Å². The van der Waals surface area contributed by atoms with E-state index in [-0.39, 0.29) is 5.82 Å². The van der Waals surface area contributed by atoms with Crippen LogP contribution in [-0.2, 0) is 9.53 Å². The Labute approximate surface area is 161 Å². The van der Waals surface area contributed by atoms with Gasteiger partial charge in [0.1, 0.15) is 11.6 Å². The number of carbonyl (C=O) groups excluding carboxylic acids is 1. The molecule has 1 aliphatic heterocycles. The fourth-order valence-corrected chi connectivity index (χ4v) is 3.61. The highest BCUT2D eigenvalue weighted by Gasteiger charge is 2.22. The normalized spacial score (nSPS) is 15.2. The van der Waals surface area contributed by atoms with Gasteiger partial charge in [0.2, 0.25) is 0 Å². The quantitative estimate of drug-likeness (QED) is 0.243. The number of cyclic esters (lactones) is 1. The largest absolute Gasteiger partial charge is 0.422 e. The number of ether oxygens (including phenoxy) is 1. The minimum atomic E-state index is -0.406. The van der Waals surface area contributed by atoms with E-state index in [1.807, 2.05) is 30.3 Å². The Balaban J connectivity index is 1.70. The highest BCUT2D eigenvalue weighted by molar-refractivity contribution is 6.12. The Morgan fingerprint density at radius 3 is 2.04 bits per heavy atom. The molecule has 134 valence electrons. The first-order valence-corrected chi connectivity index (χ1v) is 9.01. The van der Waals surface area contributed by atoms with Crippen LogP contribution < -0.4 is 0 Å². The smallest absolute Gasteiger partial charge is 0.343 e. The Hall–Kier alpha value is -3.72. The highest BCUT2D eigenvalue weighted by atomic mass is 19.1. The van der Waals surface area contributed by atoms with E-state index in [1.165, 1.54) is 12.1 Å². The summed E-state index contributed by atoms with van der Waals surface area (Å²) >= 11 is 0. The van der Waals surface area contributed by atoms with Gasteiger partial charge in [0.25, 0.3) is 0 Å². The van der Waals surface area contributed by atoms with Crippen LogP contribution in [0, 0.1) is 5.82 Å². The van der Waals surface area contributed by atoms with Gasteiger partial charge in [0.15, 0.2) is 0 Å². The lowest BCUT2D eigenvalue weighted by Crippen LogP contribution is -1.97. The van der Waals surface area contributed by atoms with E-state index in [1.54, 1.807) is 18.2 Å². The predicted molar refractivity (Wildman–Crippen MR) is 110 cm³/mol. The van der Waals surface area contributed by atoms with E-state index in [4.69, 9.17) is 4.74 Å². The first-order valence-electron chi connectivity index (χ1n) is 9.01.